The number of aromatic amines is 1. The molecule has 1 aliphatic rings. The van der Waals surface area contributed by atoms with Gasteiger partial charge in [-0.25, -0.2) is 4.98 Å². The number of ether oxygens (including phenoxy) is 1. The fourth-order valence-corrected chi connectivity index (χ4v) is 5.69. The lowest BCUT2D eigenvalue weighted by Crippen LogP contribution is -2.32. The van der Waals surface area contributed by atoms with Crippen molar-refractivity contribution >= 4 is 32.9 Å². The predicted octanol–water partition coefficient (Wildman–Crippen LogP) is 4.89. The maximum absolute atomic E-state index is 12.8. The topological polar surface area (TPSA) is 58.2 Å². The van der Waals surface area contributed by atoms with Crippen molar-refractivity contribution in [2.45, 2.75) is 32.0 Å². The Morgan fingerprint density at radius 1 is 1.17 bits per heavy atom. The number of thiophene rings is 2. The minimum absolute atomic E-state index is 0.0679. The summed E-state index contributed by atoms with van der Waals surface area (Å²) >= 11 is 3.33. The third-order valence-corrected chi connectivity index (χ3v) is 7.27. The molecule has 0 saturated carbocycles. The lowest BCUT2D eigenvalue weighted by Gasteiger charge is -2.24. The smallest absolute Gasteiger partial charge is 0.259 e. The highest BCUT2D eigenvalue weighted by Gasteiger charge is 2.21. The van der Waals surface area contributed by atoms with Crippen molar-refractivity contribution in [2.24, 2.45) is 0 Å². The van der Waals surface area contributed by atoms with Crippen LogP contribution in [0.15, 0.2) is 58.7 Å². The molecule has 30 heavy (non-hydrogen) atoms. The first kappa shape index (κ1) is 19.6. The lowest BCUT2D eigenvalue weighted by atomic mass is 10.2. The summed E-state index contributed by atoms with van der Waals surface area (Å²) in [7, 11) is 0. The lowest BCUT2D eigenvalue weighted by molar-refractivity contribution is 0.0674. The average molecular weight is 438 g/mol. The first-order valence-electron chi connectivity index (χ1n) is 10.2. The summed E-state index contributed by atoms with van der Waals surface area (Å²) < 4.78 is 5.86. The minimum Gasteiger partial charge on any atom is -0.377 e. The van der Waals surface area contributed by atoms with Gasteiger partial charge in [-0.15, -0.1) is 22.7 Å². The van der Waals surface area contributed by atoms with Gasteiger partial charge in [-0.2, -0.15) is 0 Å². The summed E-state index contributed by atoms with van der Waals surface area (Å²) in [6.45, 7) is 3.12. The van der Waals surface area contributed by atoms with Crippen LogP contribution in [0.3, 0.4) is 0 Å². The zero-order chi connectivity index (χ0) is 20.3. The van der Waals surface area contributed by atoms with Crippen LogP contribution in [-0.2, 0) is 17.8 Å². The van der Waals surface area contributed by atoms with Crippen LogP contribution in [0.2, 0.25) is 0 Å². The highest BCUT2D eigenvalue weighted by Crippen LogP contribution is 2.30. The van der Waals surface area contributed by atoms with Gasteiger partial charge in [0.25, 0.3) is 5.56 Å². The number of H-pyrrole nitrogens is 1. The summed E-state index contributed by atoms with van der Waals surface area (Å²) in [5.41, 5.74) is 1.04. The van der Waals surface area contributed by atoms with E-state index in [4.69, 9.17) is 9.72 Å². The Hall–Kier alpha value is -2.32. The van der Waals surface area contributed by atoms with Crippen molar-refractivity contribution < 1.29 is 4.74 Å². The van der Waals surface area contributed by atoms with Crippen LogP contribution < -0.4 is 5.56 Å². The predicted molar refractivity (Wildman–Crippen MR) is 123 cm³/mol. The molecule has 0 unspecified atom stereocenters. The number of nitrogens with one attached hydrogen (secondary N) is 1. The molecule has 4 aromatic rings. The van der Waals surface area contributed by atoms with Crippen LogP contribution in [0.1, 0.15) is 23.5 Å². The number of fused-ring (bicyclic) bond motifs is 1. The minimum atomic E-state index is -0.0679. The molecule has 0 radical (unpaired) electrons. The average Bonchev–Trinajstić information content (AvgIpc) is 3.50. The quantitative estimate of drug-likeness (QED) is 0.447. The van der Waals surface area contributed by atoms with Crippen LogP contribution in [0.5, 0.6) is 0 Å². The SMILES string of the molecule is O=c1[nH]c(CN(Cc2cccs2)C[C@H]2CCCO2)nc2sc(-c3ccccc3)cc12. The molecule has 1 N–H and O–H groups in total. The molecule has 5 nitrogen and oxygen atoms in total. The highest BCUT2D eigenvalue weighted by molar-refractivity contribution is 7.21. The molecule has 0 aliphatic carbocycles. The molecule has 7 heteroatoms. The molecule has 1 aromatic carbocycles. The van der Waals surface area contributed by atoms with Gasteiger partial charge >= 0.3 is 0 Å². The number of rotatable bonds is 7. The van der Waals surface area contributed by atoms with E-state index in [2.05, 4.69) is 39.5 Å². The fraction of sp³-hybridized carbons (Fsp3) is 0.304. The molecule has 5 rings (SSSR count). The molecule has 1 aliphatic heterocycles. The Bertz CT molecular complexity index is 1160. The number of nitrogens with zero attached hydrogens (tertiary/aromatic N) is 2. The van der Waals surface area contributed by atoms with E-state index in [1.54, 1.807) is 22.7 Å². The van der Waals surface area contributed by atoms with Crippen molar-refractivity contribution in [1.29, 1.82) is 0 Å². The van der Waals surface area contributed by atoms with Crippen molar-refractivity contribution in [3.8, 4) is 10.4 Å². The first-order valence-corrected chi connectivity index (χ1v) is 11.9. The van der Waals surface area contributed by atoms with Crippen molar-refractivity contribution in [2.75, 3.05) is 13.2 Å². The molecule has 4 heterocycles. The van der Waals surface area contributed by atoms with E-state index in [1.807, 2.05) is 24.3 Å². The maximum Gasteiger partial charge on any atom is 0.259 e. The molecule has 1 atom stereocenters. The Morgan fingerprint density at radius 3 is 2.83 bits per heavy atom. The third kappa shape index (κ3) is 4.39. The molecule has 1 saturated heterocycles. The number of hydrogen-bond donors (Lipinski definition) is 1. The van der Waals surface area contributed by atoms with Gasteiger partial charge in [-0.05, 0) is 35.9 Å². The molecule has 0 spiro atoms. The Labute approximate surface area is 183 Å². The molecule has 3 aromatic heterocycles. The van der Waals surface area contributed by atoms with Crippen molar-refractivity contribution in [1.82, 2.24) is 14.9 Å². The van der Waals surface area contributed by atoms with Crippen LogP contribution in [-0.4, -0.2) is 34.1 Å². The summed E-state index contributed by atoms with van der Waals surface area (Å²) in [5.74, 6) is 0.712. The van der Waals surface area contributed by atoms with Gasteiger partial charge < -0.3 is 9.72 Å². The van der Waals surface area contributed by atoms with Crippen molar-refractivity contribution in [3.63, 3.8) is 0 Å². The van der Waals surface area contributed by atoms with Crippen LogP contribution in [0.25, 0.3) is 20.7 Å². The van der Waals surface area contributed by atoms with Crippen LogP contribution in [0, 0.1) is 0 Å². The van der Waals surface area contributed by atoms with Crippen molar-refractivity contribution in [3.05, 3.63) is 75.0 Å². The van der Waals surface area contributed by atoms with E-state index in [-0.39, 0.29) is 11.7 Å². The van der Waals surface area contributed by atoms with E-state index in [9.17, 15) is 4.79 Å². The molecule has 0 bridgehead atoms. The normalized spacial score (nSPS) is 16.6. The first-order chi connectivity index (χ1) is 14.7. The third-order valence-electron chi connectivity index (χ3n) is 5.33. The molecular formula is C23H23N3O2S2. The Kier molecular flexibility index (Phi) is 5.77. The standard InChI is InChI=1S/C23H23N3O2S2/c27-22-19-12-20(16-6-2-1-3-7-16)30-23(19)25-21(24-22)15-26(13-17-8-4-10-28-17)14-18-9-5-11-29-18/h1-3,5-7,9,11-12,17H,4,8,10,13-15H2,(H,24,25,27)/t17-/m1/s1. The Balaban J connectivity index is 1.42. The number of benzene rings is 1. The molecule has 154 valence electrons. The largest absolute Gasteiger partial charge is 0.377 e. The second-order valence-corrected chi connectivity index (χ2v) is 9.66. The summed E-state index contributed by atoms with van der Waals surface area (Å²) in [6, 6.07) is 16.3. The second-order valence-electron chi connectivity index (χ2n) is 7.59. The van der Waals surface area contributed by atoms with Gasteiger partial charge in [0.15, 0.2) is 0 Å². The van der Waals surface area contributed by atoms with E-state index >= 15 is 0 Å². The number of aromatic nitrogens is 2. The maximum atomic E-state index is 12.8. The summed E-state index contributed by atoms with van der Waals surface area (Å²) in [5, 5.41) is 2.76. The second kappa shape index (κ2) is 8.81. The molecular weight excluding hydrogens is 414 g/mol. The summed E-state index contributed by atoms with van der Waals surface area (Å²) in [4.78, 5) is 26.1. The monoisotopic (exact) mass is 437 g/mol. The van der Waals surface area contributed by atoms with E-state index in [1.165, 1.54) is 4.88 Å². The van der Waals surface area contributed by atoms with Gasteiger partial charge in [-0.1, -0.05) is 36.4 Å². The van der Waals surface area contributed by atoms with Gasteiger partial charge in [-0.3, -0.25) is 9.69 Å². The Morgan fingerprint density at radius 2 is 2.07 bits per heavy atom. The highest BCUT2D eigenvalue weighted by atomic mass is 32.1. The van der Waals surface area contributed by atoms with E-state index < -0.39 is 0 Å². The number of hydrogen-bond acceptors (Lipinski definition) is 6. The van der Waals surface area contributed by atoms with Gasteiger partial charge in [0, 0.05) is 29.5 Å². The van der Waals surface area contributed by atoms with Gasteiger partial charge in [0.1, 0.15) is 10.7 Å². The zero-order valence-electron chi connectivity index (χ0n) is 16.5. The summed E-state index contributed by atoms with van der Waals surface area (Å²) in [6.07, 6.45) is 2.47. The molecule has 1 fully saturated rings. The zero-order valence-corrected chi connectivity index (χ0v) is 18.2. The van der Waals surface area contributed by atoms with Gasteiger partial charge in [0.05, 0.1) is 18.0 Å². The van der Waals surface area contributed by atoms with Crippen LogP contribution >= 0.6 is 22.7 Å². The molecule has 0 amide bonds. The van der Waals surface area contributed by atoms with Gasteiger partial charge in [0.2, 0.25) is 0 Å². The fourth-order valence-electron chi connectivity index (χ4n) is 3.89. The van der Waals surface area contributed by atoms with E-state index in [0.717, 1.165) is 47.8 Å². The van der Waals surface area contributed by atoms with Crippen LogP contribution in [0.4, 0.5) is 0 Å². The van der Waals surface area contributed by atoms with E-state index in [0.29, 0.717) is 17.8 Å².